The zero-order valence-electron chi connectivity index (χ0n) is 12.3. The molecule has 2 rings (SSSR count). The van der Waals surface area contributed by atoms with Gasteiger partial charge in [0.15, 0.2) is 0 Å². The van der Waals surface area contributed by atoms with Crippen molar-refractivity contribution in [2.24, 2.45) is 5.41 Å². The summed E-state index contributed by atoms with van der Waals surface area (Å²) in [5.74, 6) is 0.255. The van der Waals surface area contributed by atoms with Gasteiger partial charge in [-0.1, -0.05) is 33.8 Å². The molecule has 1 aliphatic heterocycles. The lowest BCUT2D eigenvalue weighted by Gasteiger charge is -2.27. The molecule has 0 spiro atoms. The molecule has 3 nitrogen and oxygen atoms in total. The van der Waals surface area contributed by atoms with E-state index in [1.165, 1.54) is 4.88 Å². The first-order valence-corrected chi connectivity index (χ1v) is 7.90. The van der Waals surface area contributed by atoms with E-state index in [-0.39, 0.29) is 23.5 Å². The maximum atomic E-state index is 12.4. The minimum absolute atomic E-state index is 0.0212. The van der Waals surface area contributed by atoms with E-state index in [0.717, 1.165) is 19.4 Å². The molecule has 1 aromatic heterocycles. The van der Waals surface area contributed by atoms with Crippen molar-refractivity contribution in [1.82, 2.24) is 10.2 Å². The summed E-state index contributed by atoms with van der Waals surface area (Å²) >= 11 is 1.72. The van der Waals surface area contributed by atoms with Gasteiger partial charge in [0.1, 0.15) is 6.17 Å². The first-order chi connectivity index (χ1) is 8.92. The van der Waals surface area contributed by atoms with Crippen molar-refractivity contribution >= 4 is 17.2 Å². The molecule has 0 aromatic carbocycles. The molecule has 0 saturated carbocycles. The fourth-order valence-electron chi connectivity index (χ4n) is 2.35. The molecule has 2 heterocycles. The number of carbonyl (C=O) groups excluding carboxylic acids is 1. The minimum Gasteiger partial charge on any atom is -0.321 e. The molecule has 106 valence electrons. The van der Waals surface area contributed by atoms with E-state index < -0.39 is 0 Å². The highest BCUT2D eigenvalue weighted by Crippen LogP contribution is 2.31. The first kappa shape index (κ1) is 14.5. The molecule has 1 fully saturated rings. The number of carbonyl (C=O) groups is 1. The molecule has 2 unspecified atom stereocenters. The van der Waals surface area contributed by atoms with Crippen LogP contribution < -0.4 is 5.32 Å². The quantitative estimate of drug-likeness (QED) is 0.917. The smallest absolute Gasteiger partial charge is 0.241 e. The second-order valence-electron chi connectivity index (χ2n) is 6.39. The molecule has 1 aliphatic rings. The summed E-state index contributed by atoms with van der Waals surface area (Å²) in [4.78, 5) is 15.7. The largest absolute Gasteiger partial charge is 0.321 e. The first-order valence-electron chi connectivity index (χ1n) is 7.02. The highest BCUT2D eigenvalue weighted by Gasteiger charge is 2.39. The van der Waals surface area contributed by atoms with Crippen molar-refractivity contribution in [1.29, 1.82) is 0 Å². The number of hydrogen-bond acceptors (Lipinski definition) is 3. The van der Waals surface area contributed by atoms with Crippen LogP contribution in [0.4, 0.5) is 0 Å². The van der Waals surface area contributed by atoms with Crippen LogP contribution in [0.1, 0.15) is 51.6 Å². The van der Waals surface area contributed by atoms with Gasteiger partial charge in [-0.3, -0.25) is 10.1 Å². The highest BCUT2D eigenvalue weighted by molar-refractivity contribution is 7.10. The SMILES string of the molecule is CCC1NC(c2cccs2)N(CCC(C)(C)C)C1=O. The molecule has 0 bridgehead atoms. The van der Waals surface area contributed by atoms with Gasteiger partial charge >= 0.3 is 0 Å². The van der Waals surface area contributed by atoms with Crippen LogP contribution >= 0.6 is 11.3 Å². The number of amides is 1. The molecule has 4 heteroatoms. The van der Waals surface area contributed by atoms with Gasteiger partial charge < -0.3 is 4.90 Å². The molecular formula is C15H24N2OS. The van der Waals surface area contributed by atoms with Crippen molar-refractivity contribution in [3.05, 3.63) is 22.4 Å². The van der Waals surface area contributed by atoms with Crippen molar-refractivity contribution in [2.75, 3.05) is 6.54 Å². The monoisotopic (exact) mass is 280 g/mol. The van der Waals surface area contributed by atoms with Crippen LogP contribution in [0.25, 0.3) is 0 Å². The molecule has 1 N–H and O–H groups in total. The topological polar surface area (TPSA) is 32.3 Å². The maximum Gasteiger partial charge on any atom is 0.241 e. The van der Waals surface area contributed by atoms with Crippen LogP contribution in [-0.4, -0.2) is 23.4 Å². The van der Waals surface area contributed by atoms with Gasteiger partial charge in [-0.05, 0) is 29.7 Å². The van der Waals surface area contributed by atoms with Crippen LogP contribution in [0.3, 0.4) is 0 Å². The van der Waals surface area contributed by atoms with Gasteiger partial charge in [-0.15, -0.1) is 11.3 Å². The van der Waals surface area contributed by atoms with Crippen LogP contribution in [0.2, 0.25) is 0 Å². The molecule has 1 amide bonds. The zero-order chi connectivity index (χ0) is 14.0. The Morgan fingerprint density at radius 1 is 1.42 bits per heavy atom. The lowest BCUT2D eigenvalue weighted by Crippen LogP contribution is -2.33. The average Bonchev–Trinajstić information content (AvgIpc) is 2.93. The molecule has 1 saturated heterocycles. The van der Waals surface area contributed by atoms with Crippen molar-refractivity contribution < 1.29 is 4.79 Å². The Bertz CT molecular complexity index is 422. The third-order valence-corrected chi connectivity index (χ3v) is 4.50. The predicted octanol–water partition coefficient (Wildman–Crippen LogP) is 3.39. The average molecular weight is 280 g/mol. The second kappa shape index (κ2) is 5.63. The molecule has 19 heavy (non-hydrogen) atoms. The zero-order valence-corrected chi connectivity index (χ0v) is 13.1. The summed E-state index contributed by atoms with van der Waals surface area (Å²) in [6, 6.07) is 4.14. The lowest BCUT2D eigenvalue weighted by atomic mass is 9.92. The van der Waals surface area contributed by atoms with Crippen LogP contribution in [0.5, 0.6) is 0 Å². The van der Waals surface area contributed by atoms with Crippen LogP contribution in [0.15, 0.2) is 17.5 Å². The van der Waals surface area contributed by atoms with Gasteiger partial charge in [0.25, 0.3) is 0 Å². The molecule has 0 aliphatic carbocycles. The van der Waals surface area contributed by atoms with Gasteiger partial charge in [0.2, 0.25) is 5.91 Å². The minimum atomic E-state index is -0.0212. The second-order valence-corrected chi connectivity index (χ2v) is 7.37. The van der Waals surface area contributed by atoms with E-state index in [1.807, 2.05) is 11.0 Å². The Morgan fingerprint density at radius 2 is 2.16 bits per heavy atom. The van der Waals surface area contributed by atoms with E-state index in [4.69, 9.17) is 0 Å². The van der Waals surface area contributed by atoms with E-state index in [2.05, 4.69) is 44.5 Å². The van der Waals surface area contributed by atoms with Crippen molar-refractivity contribution in [3.63, 3.8) is 0 Å². The van der Waals surface area contributed by atoms with Crippen molar-refractivity contribution in [3.8, 4) is 0 Å². The van der Waals surface area contributed by atoms with Crippen LogP contribution in [0, 0.1) is 5.41 Å². The van der Waals surface area contributed by atoms with E-state index in [9.17, 15) is 4.79 Å². The number of hydrogen-bond donors (Lipinski definition) is 1. The van der Waals surface area contributed by atoms with E-state index >= 15 is 0 Å². The molecular weight excluding hydrogens is 256 g/mol. The maximum absolute atomic E-state index is 12.4. The Hall–Kier alpha value is -0.870. The summed E-state index contributed by atoms with van der Waals surface area (Å²) in [6.07, 6.45) is 1.95. The number of nitrogens with zero attached hydrogens (tertiary/aromatic N) is 1. The Morgan fingerprint density at radius 3 is 2.68 bits per heavy atom. The summed E-state index contributed by atoms with van der Waals surface area (Å²) in [7, 11) is 0. The number of nitrogens with one attached hydrogen (secondary N) is 1. The fraction of sp³-hybridized carbons (Fsp3) is 0.667. The van der Waals surface area contributed by atoms with Crippen molar-refractivity contribution in [2.45, 2.75) is 52.7 Å². The Balaban J connectivity index is 2.13. The summed E-state index contributed by atoms with van der Waals surface area (Å²) in [5, 5.41) is 5.54. The predicted molar refractivity (Wildman–Crippen MR) is 80.1 cm³/mol. The third kappa shape index (κ3) is 3.37. The summed E-state index contributed by atoms with van der Waals surface area (Å²) in [5.41, 5.74) is 0.255. The van der Waals surface area contributed by atoms with E-state index in [1.54, 1.807) is 11.3 Å². The standard InChI is InChI=1S/C15H24N2OS/c1-5-11-14(18)17(9-8-15(2,3)4)13(16-11)12-7-6-10-19-12/h6-7,10-11,13,16H,5,8-9H2,1-4H3. The normalized spacial score (nSPS) is 24.2. The highest BCUT2D eigenvalue weighted by atomic mass is 32.1. The van der Waals surface area contributed by atoms with Gasteiger partial charge in [0, 0.05) is 11.4 Å². The number of rotatable bonds is 4. The third-order valence-electron chi connectivity index (χ3n) is 3.58. The lowest BCUT2D eigenvalue weighted by molar-refractivity contribution is -0.130. The van der Waals surface area contributed by atoms with E-state index in [0.29, 0.717) is 0 Å². The Labute approximate surface area is 120 Å². The summed E-state index contributed by atoms with van der Waals surface area (Å²) < 4.78 is 0. The number of thiophene rings is 1. The molecule has 1 aromatic rings. The van der Waals surface area contributed by atoms with Gasteiger partial charge in [-0.25, -0.2) is 0 Å². The van der Waals surface area contributed by atoms with Gasteiger partial charge in [0.05, 0.1) is 6.04 Å². The van der Waals surface area contributed by atoms with Gasteiger partial charge in [-0.2, -0.15) is 0 Å². The Kier molecular flexibility index (Phi) is 4.31. The molecule has 0 radical (unpaired) electrons. The fourth-order valence-corrected chi connectivity index (χ4v) is 3.15. The molecule has 2 atom stereocenters. The van der Waals surface area contributed by atoms with Crippen LogP contribution in [-0.2, 0) is 4.79 Å². The summed E-state index contributed by atoms with van der Waals surface area (Å²) in [6.45, 7) is 9.55.